The van der Waals surface area contributed by atoms with Crippen LogP contribution < -0.4 is 10.6 Å². The molecule has 0 aromatic heterocycles. The van der Waals surface area contributed by atoms with E-state index in [1.165, 1.54) is 11.8 Å². The predicted molar refractivity (Wildman–Crippen MR) is 72.6 cm³/mol. The summed E-state index contributed by atoms with van der Waals surface area (Å²) in [5, 5.41) is 5.54. The summed E-state index contributed by atoms with van der Waals surface area (Å²) >= 11 is 1.29. The van der Waals surface area contributed by atoms with E-state index in [0.29, 0.717) is 5.17 Å². The summed E-state index contributed by atoms with van der Waals surface area (Å²) < 4.78 is 0. The van der Waals surface area contributed by atoms with Gasteiger partial charge in [-0.1, -0.05) is 30.0 Å². The number of anilines is 1. The fourth-order valence-corrected chi connectivity index (χ4v) is 2.48. The van der Waals surface area contributed by atoms with Crippen LogP contribution in [0.5, 0.6) is 0 Å². The molecule has 1 aromatic carbocycles. The standard InChI is InChI=1S/C12H13N3O2S/c1-13-12-15-11(17)9(18-12)7-10(16)14-8-5-3-2-4-6-8/h2-6,9H,7H2,1H3,(H,14,16)(H,13,15,17)/t9-/m0/s1. The second-order valence-corrected chi connectivity index (χ2v) is 4.93. The van der Waals surface area contributed by atoms with Gasteiger partial charge in [0.05, 0.1) is 0 Å². The molecule has 6 heteroatoms. The Bertz CT molecular complexity index is 487. The number of carbonyl (C=O) groups is 2. The van der Waals surface area contributed by atoms with Crippen LogP contribution in [0.3, 0.4) is 0 Å². The second-order valence-electron chi connectivity index (χ2n) is 3.74. The van der Waals surface area contributed by atoms with Gasteiger partial charge >= 0.3 is 0 Å². The van der Waals surface area contributed by atoms with Crippen LogP contribution in [0.1, 0.15) is 6.42 Å². The molecule has 1 saturated heterocycles. The molecule has 0 spiro atoms. The van der Waals surface area contributed by atoms with Crippen molar-refractivity contribution in [2.45, 2.75) is 11.7 Å². The van der Waals surface area contributed by atoms with Crippen molar-refractivity contribution in [3.8, 4) is 0 Å². The van der Waals surface area contributed by atoms with Gasteiger partial charge in [0.1, 0.15) is 5.25 Å². The molecule has 2 rings (SSSR count). The normalized spacial score (nSPS) is 20.8. The molecule has 94 valence electrons. The molecular formula is C12H13N3O2S. The highest BCUT2D eigenvalue weighted by Crippen LogP contribution is 2.22. The van der Waals surface area contributed by atoms with Gasteiger partial charge in [0.2, 0.25) is 11.8 Å². The minimum absolute atomic E-state index is 0.143. The summed E-state index contributed by atoms with van der Waals surface area (Å²) in [4.78, 5) is 27.2. The number of amides is 2. The Morgan fingerprint density at radius 1 is 1.44 bits per heavy atom. The molecule has 1 atom stereocenters. The molecule has 2 amide bonds. The molecule has 18 heavy (non-hydrogen) atoms. The van der Waals surface area contributed by atoms with Crippen molar-refractivity contribution in [2.75, 3.05) is 12.4 Å². The lowest BCUT2D eigenvalue weighted by molar-refractivity contribution is -0.122. The SMILES string of the molecule is CN=C1NC(=O)[C@H](CC(=O)Nc2ccccc2)S1. The average Bonchev–Trinajstić information content (AvgIpc) is 2.71. The Hall–Kier alpha value is -1.82. The monoisotopic (exact) mass is 263 g/mol. The molecule has 0 bridgehead atoms. The van der Waals surface area contributed by atoms with Crippen molar-refractivity contribution in [3.63, 3.8) is 0 Å². The number of carbonyl (C=O) groups excluding carboxylic acids is 2. The summed E-state index contributed by atoms with van der Waals surface area (Å²) in [5.74, 6) is -0.338. The number of thioether (sulfide) groups is 1. The first kappa shape index (κ1) is 12.6. The van der Waals surface area contributed by atoms with Gasteiger partial charge in [0, 0.05) is 19.2 Å². The smallest absolute Gasteiger partial charge is 0.240 e. The highest BCUT2D eigenvalue weighted by Gasteiger charge is 2.31. The molecule has 1 heterocycles. The molecule has 2 N–H and O–H groups in total. The van der Waals surface area contributed by atoms with Gasteiger partial charge in [0.25, 0.3) is 0 Å². The maximum Gasteiger partial charge on any atom is 0.240 e. The third kappa shape index (κ3) is 3.10. The van der Waals surface area contributed by atoms with Gasteiger partial charge in [-0.15, -0.1) is 0 Å². The first-order valence-corrected chi connectivity index (χ1v) is 6.36. The fraction of sp³-hybridized carbons (Fsp3) is 0.250. The van der Waals surface area contributed by atoms with E-state index in [1.54, 1.807) is 19.2 Å². The van der Waals surface area contributed by atoms with E-state index < -0.39 is 5.25 Å². The van der Waals surface area contributed by atoms with Crippen molar-refractivity contribution >= 4 is 34.4 Å². The fourth-order valence-electron chi connectivity index (χ4n) is 1.55. The molecule has 5 nitrogen and oxygen atoms in total. The third-order valence-corrected chi connectivity index (χ3v) is 3.58. The first-order chi connectivity index (χ1) is 8.69. The Morgan fingerprint density at radius 3 is 2.78 bits per heavy atom. The van der Waals surface area contributed by atoms with Crippen molar-refractivity contribution in [1.82, 2.24) is 5.32 Å². The van der Waals surface area contributed by atoms with Crippen LogP contribution in [-0.2, 0) is 9.59 Å². The van der Waals surface area contributed by atoms with Crippen LogP contribution in [-0.4, -0.2) is 29.3 Å². The van der Waals surface area contributed by atoms with Gasteiger partial charge < -0.3 is 10.6 Å². The zero-order valence-corrected chi connectivity index (χ0v) is 10.7. The number of nitrogens with one attached hydrogen (secondary N) is 2. The van der Waals surface area contributed by atoms with E-state index in [0.717, 1.165) is 5.69 Å². The summed E-state index contributed by atoms with van der Waals surface area (Å²) in [6.07, 6.45) is 0.143. The molecule has 1 fully saturated rings. The molecule has 1 aliphatic rings. The van der Waals surface area contributed by atoms with Crippen molar-refractivity contribution in [3.05, 3.63) is 30.3 Å². The number of amidine groups is 1. The maximum absolute atomic E-state index is 11.8. The van der Waals surface area contributed by atoms with Gasteiger partial charge in [-0.05, 0) is 12.1 Å². The maximum atomic E-state index is 11.8. The van der Waals surface area contributed by atoms with Gasteiger partial charge in [-0.3, -0.25) is 14.6 Å². The van der Waals surface area contributed by atoms with Crippen molar-refractivity contribution < 1.29 is 9.59 Å². The number of hydrogen-bond acceptors (Lipinski definition) is 4. The van der Waals surface area contributed by atoms with E-state index in [9.17, 15) is 9.59 Å². The number of benzene rings is 1. The Morgan fingerprint density at radius 2 is 2.17 bits per heavy atom. The number of aliphatic imine (C=N–C) groups is 1. The largest absolute Gasteiger partial charge is 0.326 e. The van der Waals surface area contributed by atoms with E-state index >= 15 is 0 Å². The molecule has 0 unspecified atom stereocenters. The molecule has 0 aliphatic carbocycles. The lowest BCUT2D eigenvalue weighted by atomic mass is 10.2. The predicted octanol–water partition coefficient (Wildman–Crippen LogP) is 1.23. The zero-order chi connectivity index (χ0) is 13.0. The average molecular weight is 263 g/mol. The van der Waals surface area contributed by atoms with E-state index in [4.69, 9.17) is 0 Å². The lowest BCUT2D eigenvalue weighted by Crippen LogP contribution is -2.28. The highest BCUT2D eigenvalue weighted by atomic mass is 32.2. The molecule has 1 aromatic rings. The summed E-state index contributed by atoms with van der Waals surface area (Å²) in [7, 11) is 1.61. The number of nitrogens with zero attached hydrogens (tertiary/aromatic N) is 1. The van der Waals surface area contributed by atoms with Crippen LogP contribution in [0.2, 0.25) is 0 Å². The number of hydrogen-bond donors (Lipinski definition) is 2. The number of para-hydroxylation sites is 1. The minimum atomic E-state index is -0.396. The highest BCUT2D eigenvalue weighted by molar-refractivity contribution is 8.15. The molecular weight excluding hydrogens is 250 g/mol. The first-order valence-electron chi connectivity index (χ1n) is 5.48. The summed E-state index contributed by atoms with van der Waals surface area (Å²) in [5.41, 5.74) is 0.732. The molecule has 0 radical (unpaired) electrons. The summed E-state index contributed by atoms with van der Waals surface area (Å²) in [6, 6.07) is 9.17. The van der Waals surface area contributed by atoms with Crippen molar-refractivity contribution in [2.24, 2.45) is 4.99 Å². The Kier molecular flexibility index (Phi) is 3.99. The van der Waals surface area contributed by atoms with Crippen LogP contribution in [0.25, 0.3) is 0 Å². The summed E-state index contributed by atoms with van der Waals surface area (Å²) in [6.45, 7) is 0. The van der Waals surface area contributed by atoms with Crippen LogP contribution in [0, 0.1) is 0 Å². The van der Waals surface area contributed by atoms with Gasteiger partial charge in [-0.2, -0.15) is 0 Å². The Labute approximate surface area is 109 Å². The van der Waals surface area contributed by atoms with Crippen LogP contribution in [0.4, 0.5) is 5.69 Å². The van der Waals surface area contributed by atoms with Crippen molar-refractivity contribution in [1.29, 1.82) is 0 Å². The topological polar surface area (TPSA) is 70.6 Å². The third-order valence-electron chi connectivity index (χ3n) is 2.41. The van der Waals surface area contributed by atoms with Gasteiger partial charge in [-0.25, -0.2) is 0 Å². The molecule has 1 aliphatic heterocycles. The van der Waals surface area contributed by atoms with Crippen LogP contribution in [0.15, 0.2) is 35.3 Å². The zero-order valence-electron chi connectivity index (χ0n) is 9.84. The second kappa shape index (κ2) is 5.68. The van der Waals surface area contributed by atoms with E-state index in [2.05, 4.69) is 15.6 Å². The van der Waals surface area contributed by atoms with Crippen LogP contribution >= 0.6 is 11.8 Å². The van der Waals surface area contributed by atoms with Gasteiger partial charge in [0.15, 0.2) is 5.17 Å². The molecule has 0 saturated carbocycles. The Balaban J connectivity index is 1.91. The van der Waals surface area contributed by atoms with E-state index in [-0.39, 0.29) is 18.2 Å². The quantitative estimate of drug-likeness (QED) is 0.861. The lowest BCUT2D eigenvalue weighted by Gasteiger charge is -2.06. The number of rotatable bonds is 3. The minimum Gasteiger partial charge on any atom is -0.326 e. The van der Waals surface area contributed by atoms with E-state index in [1.807, 2.05) is 18.2 Å².